The van der Waals surface area contributed by atoms with Gasteiger partial charge < -0.3 is 25.4 Å². The van der Waals surface area contributed by atoms with Crippen LogP contribution < -0.4 is 10.6 Å². The maximum Gasteiger partial charge on any atom is 0.251 e. The van der Waals surface area contributed by atoms with Crippen molar-refractivity contribution < 1.29 is 24.2 Å². The summed E-state index contributed by atoms with van der Waals surface area (Å²) in [6, 6.07) is 15.7. The second kappa shape index (κ2) is 15.9. The summed E-state index contributed by atoms with van der Waals surface area (Å²) in [6.45, 7) is 6.80. The van der Waals surface area contributed by atoms with Crippen LogP contribution in [0.1, 0.15) is 85.3 Å². The van der Waals surface area contributed by atoms with Gasteiger partial charge in [0.05, 0.1) is 6.10 Å². The summed E-state index contributed by atoms with van der Waals surface area (Å²) in [5.41, 5.74) is 3.46. The highest BCUT2D eigenvalue weighted by Gasteiger charge is 2.55. The Morgan fingerprint density at radius 3 is 2.21 bits per heavy atom. The SMILES string of the molecule is CCCCN1C(=O)[C@@H]([C@H](O)C2CCOCC2)NC(=O)C12CCN(Cc1ccc(Cc3ccc(C(=O)NCC4CC4)cc3)cc1)CC2.Cl. The maximum atomic E-state index is 13.9. The lowest BCUT2D eigenvalue weighted by atomic mass is 9.79. The Labute approximate surface area is 285 Å². The van der Waals surface area contributed by atoms with Crippen molar-refractivity contribution in [3.05, 3.63) is 70.8 Å². The van der Waals surface area contributed by atoms with Gasteiger partial charge in [0, 0.05) is 51.5 Å². The van der Waals surface area contributed by atoms with Crippen molar-refractivity contribution in [2.24, 2.45) is 11.8 Å². The molecule has 3 heterocycles. The number of ether oxygens (including phenoxy) is 1. The Morgan fingerprint density at radius 1 is 0.979 bits per heavy atom. The Hall–Kier alpha value is -2.98. The van der Waals surface area contributed by atoms with Gasteiger partial charge in [-0.05, 0) is 92.0 Å². The number of rotatable bonds is 12. The van der Waals surface area contributed by atoms with Crippen LogP contribution in [0.25, 0.3) is 0 Å². The zero-order valence-electron chi connectivity index (χ0n) is 27.6. The van der Waals surface area contributed by atoms with E-state index in [1.807, 2.05) is 29.2 Å². The fraction of sp³-hybridized carbons (Fsp3) is 0.595. The van der Waals surface area contributed by atoms with E-state index < -0.39 is 17.7 Å². The Kier molecular flexibility index (Phi) is 12.0. The predicted octanol–water partition coefficient (Wildman–Crippen LogP) is 4.09. The third-order valence-corrected chi connectivity index (χ3v) is 10.6. The molecule has 3 saturated heterocycles. The lowest BCUT2D eigenvalue weighted by Crippen LogP contribution is -2.75. The summed E-state index contributed by atoms with van der Waals surface area (Å²) >= 11 is 0. The molecule has 2 atom stereocenters. The largest absolute Gasteiger partial charge is 0.390 e. The van der Waals surface area contributed by atoms with Crippen molar-refractivity contribution in [3.63, 3.8) is 0 Å². The van der Waals surface area contributed by atoms with Crippen LogP contribution in [0.2, 0.25) is 0 Å². The van der Waals surface area contributed by atoms with Crippen LogP contribution >= 0.6 is 12.4 Å². The van der Waals surface area contributed by atoms with E-state index in [2.05, 4.69) is 46.7 Å². The van der Waals surface area contributed by atoms with Crippen molar-refractivity contribution >= 4 is 30.1 Å². The first-order valence-corrected chi connectivity index (χ1v) is 17.4. The molecule has 0 unspecified atom stereocenters. The van der Waals surface area contributed by atoms with Gasteiger partial charge >= 0.3 is 0 Å². The standard InChI is InChI=1S/C37H50N4O5.ClH/c1-2-3-18-41-35(44)32(33(42)30-14-21-46-22-15-30)39-36(45)37(41)16-19-40(20-17-37)25-29-8-4-26(5-9-29)23-27-10-12-31(13-11-27)34(43)38-24-28-6-7-28;/h4-5,8-13,28,30,32-33,42H,2-3,6-7,14-25H2,1H3,(H,38,43)(H,39,45);1H/t32-,33-;/m1./s1. The van der Waals surface area contributed by atoms with Crippen LogP contribution in [0.5, 0.6) is 0 Å². The summed E-state index contributed by atoms with van der Waals surface area (Å²) < 4.78 is 5.45. The highest BCUT2D eigenvalue weighted by atomic mass is 35.5. The average molecular weight is 667 g/mol. The van der Waals surface area contributed by atoms with Gasteiger partial charge in [-0.2, -0.15) is 0 Å². The minimum atomic E-state index is -0.896. The predicted molar refractivity (Wildman–Crippen MR) is 183 cm³/mol. The van der Waals surface area contributed by atoms with E-state index in [1.165, 1.54) is 29.5 Å². The lowest BCUT2D eigenvalue weighted by Gasteiger charge is -2.52. The maximum absolute atomic E-state index is 13.9. The zero-order chi connectivity index (χ0) is 32.1. The van der Waals surface area contributed by atoms with Crippen molar-refractivity contribution in [1.29, 1.82) is 0 Å². The Morgan fingerprint density at radius 2 is 1.60 bits per heavy atom. The van der Waals surface area contributed by atoms with Gasteiger partial charge in [-0.1, -0.05) is 49.7 Å². The number of piperazine rings is 1. The monoisotopic (exact) mass is 666 g/mol. The van der Waals surface area contributed by atoms with Gasteiger partial charge in [-0.3, -0.25) is 19.3 Å². The van der Waals surface area contributed by atoms with E-state index in [9.17, 15) is 19.5 Å². The highest BCUT2D eigenvalue weighted by molar-refractivity contribution is 6.00. The van der Waals surface area contributed by atoms with Crippen LogP contribution in [0.4, 0.5) is 0 Å². The molecule has 2 aromatic rings. The van der Waals surface area contributed by atoms with Gasteiger partial charge in [0.2, 0.25) is 11.8 Å². The van der Waals surface area contributed by atoms with Crippen molar-refractivity contribution in [2.45, 2.75) is 88.9 Å². The number of piperidine rings is 1. The molecule has 256 valence electrons. The van der Waals surface area contributed by atoms with Gasteiger partial charge in [-0.15, -0.1) is 12.4 Å². The summed E-state index contributed by atoms with van der Waals surface area (Å²) in [7, 11) is 0. The average Bonchev–Trinajstić information content (AvgIpc) is 3.92. The summed E-state index contributed by atoms with van der Waals surface area (Å²) in [5, 5.41) is 17.2. The second-order valence-corrected chi connectivity index (χ2v) is 13.9. The zero-order valence-corrected chi connectivity index (χ0v) is 28.4. The molecule has 47 heavy (non-hydrogen) atoms. The lowest BCUT2D eigenvalue weighted by molar-refractivity contribution is -0.166. The Balaban J connectivity index is 0.00000433. The number of hydrogen-bond acceptors (Lipinski definition) is 6. The van der Waals surface area contributed by atoms with E-state index in [4.69, 9.17) is 4.74 Å². The number of nitrogens with one attached hydrogen (secondary N) is 2. The molecule has 3 amide bonds. The number of unbranched alkanes of at least 4 members (excludes halogenated alkanes) is 1. The molecule has 3 aliphatic heterocycles. The van der Waals surface area contributed by atoms with Crippen LogP contribution in [0.15, 0.2) is 48.5 Å². The van der Waals surface area contributed by atoms with Crippen LogP contribution in [-0.4, -0.2) is 89.7 Å². The van der Waals surface area contributed by atoms with Gasteiger partial charge in [0.25, 0.3) is 5.91 Å². The van der Waals surface area contributed by atoms with E-state index in [0.29, 0.717) is 56.9 Å². The first-order valence-electron chi connectivity index (χ1n) is 17.4. The number of aliphatic hydroxyl groups is 1. The Bertz CT molecular complexity index is 1350. The molecule has 2 aromatic carbocycles. The molecular formula is C37H51ClN4O5. The molecule has 3 N–H and O–H groups in total. The van der Waals surface area contributed by atoms with E-state index in [-0.39, 0.29) is 36.0 Å². The minimum absolute atomic E-state index is 0. The molecule has 4 fully saturated rings. The number of nitrogens with zero attached hydrogens (tertiary/aromatic N) is 2. The number of carbonyl (C=O) groups excluding carboxylic acids is 3. The van der Waals surface area contributed by atoms with Crippen molar-refractivity contribution in [1.82, 2.24) is 20.4 Å². The van der Waals surface area contributed by atoms with Crippen LogP contribution in [-0.2, 0) is 27.3 Å². The molecule has 6 rings (SSSR count). The molecule has 1 saturated carbocycles. The quantitative estimate of drug-likeness (QED) is 0.315. The molecule has 1 spiro atoms. The fourth-order valence-electron chi connectivity index (χ4n) is 7.31. The topological polar surface area (TPSA) is 111 Å². The van der Waals surface area contributed by atoms with Crippen molar-refractivity contribution in [3.8, 4) is 0 Å². The summed E-state index contributed by atoms with van der Waals surface area (Å²) in [6.07, 6.45) is 6.68. The number of likely N-dealkylation sites (tertiary alicyclic amines) is 1. The summed E-state index contributed by atoms with van der Waals surface area (Å²) in [5.74, 6) is 0.370. The third-order valence-electron chi connectivity index (χ3n) is 10.6. The van der Waals surface area contributed by atoms with Crippen molar-refractivity contribution in [2.75, 3.05) is 39.4 Å². The minimum Gasteiger partial charge on any atom is -0.390 e. The van der Waals surface area contributed by atoms with E-state index >= 15 is 0 Å². The number of hydrogen-bond donors (Lipinski definition) is 3. The fourth-order valence-corrected chi connectivity index (χ4v) is 7.31. The molecule has 10 heteroatoms. The first-order chi connectivity index (χ1) is 22.4. The van der Waals surface area contributed by atoms with Gasteiger partial charge in [0.1, 0.15) is 11.6 Å². The molecular weight excluding hydrogens is 616 g/mol. The molecule has 0 aromatic heterocycles. The second-order valence-electron chi connectivity index (χ2n) is 13.9. The number of amides is 3. The molecule has 0 radical (unpaired) electrons. The molecule has 9 nitrogen and oxygen atoms in total. The van der Waals surface area contributed by atoms with Crippen LogP contribution in [0, 0.1) is 11.8 Å². The number of benzene rings is 2. The number of aliphatic hydroxyl groups excluding tert-OH is 1. The number of halogens is 1. The van der Waals surface area contributed by atoms with Gasteiger partial charge in [-0.25, -0.2) is 0 Å². The van der Waals surface area contributed by atoms with Crippen LogP contribution in [0.3, 0.4) is 0 Å². The molecule has 4 aliphatic rings. The van der Waals surface area contributed by atoms with E-state index in [1.54, 1.807) is 0 Å². The van der Waals surface area contributed by atoms with E-state index in [0.717, 1.165) is 45.4 Å². The molecule has 1 aliphatic carbocycles. The molecule has 0 bridgehead atoms. The van der Waals surface area contributed by atoms with Gasteiger partial charge in [0.15, 0.2) is 0 Å². The first kappa shape index (κ1) is 35.3. The third kappa shape index (κ3) is 8.37. The summed E-state index contributed by atoms with van der Waals surface area (Å²) in [4.78, 5) is 44.2. The number of carbonyl (C=O) groups is 3. The normalized spacial score (nSPS) is 22.4. The smallest absolute Gasteiger partial charge is 0.251 e. The highest BCUT2D eigenvalue weighted by Crippen LogP contribution is 2.36.